The van der Waals surface area contributed by atoms with Gasteiger partial charge < -0.3 is 4.90 Å². The molecule has 136 valence electrons. The third-order valence-electron chi connectivity index (χ3n) is 4.71. The fourth-order valence-corrected chi connectivity index (χ4v) is 5.10. The van der Waals surface area contributed by atoms with Gasteiger partial charge in [-0.1, -0.05) is 6.92 Å². The molecule has 0 aliphatic carbocycles. The van der Waals surface area contributed by atoms with Crippen molar-refractivity contribution in [1.82, 2.24) is 19.2 Å². The number of likely N-dealkylation sites (N-methyl/N-ethyl adjacent to an activating group) is 1. The predicted octanol–water partition coefficient (Wildman–Crippen LogP) is 1.78. The largest absolute Gasteiger partial charge is 0.305 e. The van der Waals surface area contributed by atoms with Gasteiger partial charge in [0.25, 0.3) is 0 Å². The topological polar surface area (TPSA) is 66.4 Å². The second-order valence-electron chi connectivity index (χ2n) is 6.85. The molecule has 1 aliphatic rings. The summed E-state index contributed by atoms with van der Waals surface area (Å²) in [5.74, 6) is 0.468. The van der Waals surface area contributed by atoms with E-state index in [1.165, 1.54) is 0 Å². The van der Waals surface area contributed by atoms with Gasteiger partial charge in [-0.05, 0) is 49.6 Å². The highest BCUT2D eigenvalue weighted by Crippen LogP contribution is 2.21. The first-order valence-corrected chi connectivity index (χ1v) is 10.5. The number of hydrogen-bond acceptors (Lipinski definition) is 5. The normalized spacial score (nSPS) is 20.6. The molecule has 0 amide bonds. The van der Waals surface area contributed by atoms with E-state index in [-0.39, 0.29) is 11.7 Å². The summed E-state index contributed by atoms with van der Waals surface area (Å²) in [6.45, 7) is 4.71. The van der Waals surface area contributed by atoms with E-state index in [0.717, 1.165) is 36.1 Å². The van der Waals surface area contributed by atoms with Crippen LogP contribution in [-0.4, -0.2) is 66.6 Å². The Labute approximate surface area is 149 Å². The van der Waals surface area contributed by atoms with Crippen molar-refractivity contribution in [1.29, 1.82) is 0 Å². The van der Waals surface area contributed by atoms with E-state index in [9.17, 15) is 8.42 Å². The van der Waals surface area contributed by atoms with Crippen molar-refractivity contribution in [2.24, 2.45) is 5.92 Å². The first kappa shape index (κ1) is 18.2. The van der Waals surface area contributed by atoms with Crippen molar-refractivity contribution in [3.05, 3.63) is 36.2 Å². The molecule has 0 spiro atoms. The predicted molar refractivity (Wildman–Crippen MR) is 99.9 cm³/mol. The molecule has 1 atom stereocenters. The first-order valence-electron chi connectivity index (χ1n) is 8.84. The van der Waals surface area contributed by atoms with Gasteiger partial charge in [-0.25, -0.2) is 12.7 Å². The lowest BCUT2D eigenvalue weighted by Crippen LogP contribution is -2.37. The molecule has 1 aliphatic heterocycles. The van der Waals surface area contributed by atoms with Crippen LogP contribution in [0, 0.1) is 5.92 Å². The molecule has 6 nitrogen and oxygen atoms in total. The molecule has 0 radical (unpaired) electrons. The lowest BCUT2D eigenvalue weighted by molar-refractivity contribution is 0.308. The summed E-state index contributed by atoms with van der Waals surface area (Å²) >= 11 is 0. The van der Waals surface area contributed by atoms with Crippen LogP contribution in [0.4, 0.5) is 0 Å². The molecule has 3 rings (SSSR count). The maximum absolute atomic E-state index is 12.5. The highest BCUT2D eigenvalue weighted by Gasteiger charge is 2.28. The summed E-state index contributed by atoms with van der Waals surface area (Å²) in [7, 11) is -1.11. The Hall–Kier alpha value is -1.57. The summed E-state index contributed by atoms with van der Waals surface area (Å²) in [6, 6.07) is 5.85. The van der Waals surface area contributed by atoms with E-state index < -0.39 is 10.0 Å². The maximum atomic E-state index is 12.5. The van der Waals surface area contributed by atoms with Crippen molar-refractivity contribution < 1.29 is 8.42 Å². The highest BCUT2D eigenvalue weighted by atomic mass is 32.2. The smallest absolute Gasteiger partial charge is 0.214 e. The Morgan fingerprint density at radius 2 is 2.00 bits per heavy atom. The van der Waals surface area contributed by atoms with Crippen LogP contribution in [0.5, 0.6) is 0 Å². The van der Waals surface area contributed by atoms with Crippen LogP contribution in [0.2, 0.25) is 0 Å². The molecule has 0 bridgehead atoms. The number of nitrogens with zero attached hydrogens (tertiary/aromatic N) is 4. The van der Waals surface area contributed by atoms with Crippen molar-refractivity contribution >= 4 is 21.1 Å². The third-order valence-corrected chi connectivity index (χ3v) is 6.75. The zero-order chi connectivity index (χ0) is 17.9. The van der Waals surface area contributed by atoms with Gasteiger partial charge in [0.15, 0.2) is 0 Å². The van der Waals surface area contributed by atoms with Crippen LogP contribution < -0.4 is 0 Å². The van der Waals surface area contributed by atoms with Crippen LogP contribution in [0.25, 0.3) is 11.0 Å². The van der Waals surface area contributed by atoms with Gasteiger partial charge in [0, 0.05) is 38.6 Å². The Bertz CT molecular complexity index is 819. The SMILES string of the molecule is CCCS(=O)(=O)N1CCN(C)CC(Cc2ccnc3cccnc23)C1. The fraction of sp³-hybridized carbons (Fsp3) is 0.556. The van der Waals surface area contributed by atoms with E-state index >= 15 is 0 Å². The van der Waals surface area contributed by atoms with E-state index in [1.54, 1.807) is 10.5 Å². The molecule has 2 aromatic rings. The van der Waals surface area contributed by atoms with E-state index in [0.29, 0.717) is 19.5 Å². The van der Waals surface area contributed by atoms with Gasteiger partial charge in [0.05, 0.1) is 16.8 Å². The summed E-state index contributed by atoms with van der Waals surface area (Å²) in [6.07, 6.45) is 5.05. The number of aromatic nitrogens is 2. The number of rotatable bonds is 5. The monoisotopic (exact) mass is 362 g/mol. The van der Waals surface area contributed by atoms with Crippen LogP contribution in [0.1, 0.15) is 18.9 Å². The van der Waals surface area contributed by atoms with Gasteiger partial charge in [-0.2, -0.15) is 0 Å². The van der Waals surface area contributed by atoms with Crippen molar-refractivity contribution in [2.45, 2.75) is 19.8 Å². The minimum absolute atomic E-state index is 0.225. The van der Waals surface area contributed by atoms with Crippen LogP contribution in [-0.2, 0) is 16.4 Å². The summed E-state index contributed by atoms with van der Waals surface area (Å²) in [5.41, 5.74) is 2.94. The molecular weight excluding hydrogens is 336 g/mol. The average Bonchev–Trinajstić information content (AvgIpc) is 2.77. The van der Waals surface area contributed by atoms with Gasteiger partial charge in [0.1, 0.15) is 0 Å². The van der Waals surface area contributed by atoms with Crippen molar-refractivity contribution in [2.75, 3.05) is 39.0 Å². The molecule has 1 saturated heterocycles. The zero-order valence-corrected chi connectivity index (χ0v) is 15.7. The minimum Gasteiger partial charge on any atom is -0.305 e. The second-order valence-corrected chi connectivity index (χ2v) is 8.94. The van der Waals surface area contributed by atoms with Gasteiger partial charge in [0.2, 0.25) is 10.0 Å². The lowest BCUT2D eigenvalue weighted by atomic mass is 9.98. The van der Waals surface area contributed by atoms with Crippen molar-refractivity contribution in [3.8, 4) is 0 Å². The molecule has 1 fully saturated rings. The number of sulfonamides is 1. The Morgan fingerprint density at radius 1 is 1.16 bits per heavy atom. The maximum Gasteiger partial charge on any atom is 0.214 e. The van der Waals surface area contributed by atoms with Crippen LogP contribution >= 0.6 is 0 Å². The van der Waals surface area contributed by atoms with Crippen molar-refractivity contribution in [3.63, 3.8) is 0 Å². The average molecular weight is 362 g/mol. The van der Waals surface area contributed by atoms with Gasteiger partial charge in [-0.3, -0.25) is 9.97 Å². The Balaban J connectivity index is 1.84. The van der Waals surface area contributed by atoms with E-state index in [1.807, 2.05) is 31.3 Å². The highest BCUT2D eigenvalue weighted by molar-refractivity contribution is 7.89. The van der Waals surface area contributed by atoms with E-state index in [2.05, 4.69) is 21.9 Å². The zero-order valence-electron chi connectivity index (χ0n) is 14.9. The molecule has 3 heterocycles. The molecule has 0 saturated carbocycles. The first-order chi connectivity index (χ1) is 12.0. The number of hydrogen-bond donors (Lipinski definition) is 0. The molecule has 2 aromatic heterocycles. The lowest BCUT2D eigenvalue weighted by Gasteiger charge is -2.23. The molecule has 7 heteroatoms. The van der Waals surface area contributed by atoms with Crippen LogP contribution in [0.3, 0.4) is 0 Å². The summed E-state index contributed by atoms with van der Waals surface area (Å²) in [5, 5.41) is 0. The summed E-state index contributed by atoms with van der Waals surface area (Å²) < 4.78 is 26.8. The Morgan fingerprint density at radius 3 is 2.80 bits per heavy atom. The van der Waals surface area contributed by atoms with Gasteiger partial charge in [-0.15, -0.1) is 0 Å². The Kier molecular flexibility index (Phi) is 5.66. The molecule has 1 unspecified atom stereocenters. The fourth-order valence-electron chi connectivity index (χ4n) is 3.53. The second kappa shape index (κ2) is 7.76. The number of pyridine rings is 2. The number of fused-ring (bicyclic) bond motifs is 1. The standard InChI is InChI=1S/C18H26N4O2S/c1-3-11-25(23,24)22-10-9-21(2)13-15(14-22)12-16-6-8-19-17-5-4-7-20-18(16)17/h4-8,15H,3,9-14H2,1-2H3. The minimum atomic E-state index is -3.17. The molecule has 0 N–H and O–H groups in total. The molecule has 0 aromatic carbocycles. The van der Waals surface area contributed by atoms with Gasteiger partial charge >= 0.3 is 0 Å². The van der Waals surface area contributed by atoms with E-state index in [4.69, 9.17) is 0 Å². The third kappa shape index (κ3) is 4.34. The molecule has 25 heavy (non-hydrogen) atoms. The van der Waals surface area contributed by atoms with Crippen LogP contribution in [0.15, 0.2) is 30.6 Å². The summed E-state index contributed by atoms with van der Waals surface area (Å²) in [4.78, 5) is 11.1. The molecular formula is C18H26N4O2S. The quantitative estimate of drug-likeness (QED) is 0.811.